The molecule has 1 N–H and O–H groups in total. The first-order valence-electron chi connectivity index (χ1n) is 7.63. The highest BCUT2D eigenvalue weighted by molar-refractivity contribution is 6.30. The molecule has 2 rings (SSSR count). The van der Waals surface area contributed by atoms with Crippen LogP contribution in [0.1, 0.15) is 13.3 Å². The molecule has 0 spiro atoms. The number of benzene rings is 2. The number of esters is 1. The van der Waals surface area contributed by atoms with E-state index >= 15 is 0 Å². The number of anilines is 1. The zero-order valence-corrected chi connectivity index (χ0v) is 14.3. The fourth-order valence-corrected chi connectivity index (χ4v) is 2.13. The van der Waals surface area contributed by atoms with E-state index in [2.05, 4.69) is 5.32 Å². The van der Waals surface area contributed by atoms with Crippen molar-refractivity contribution in [2.75, 3.05) is 11.9 Å². The summed E-state index contributed by atoms with van der Waals surface area (Å²) in [7, 11) is 0. The molecule has 0 fully saturated rings. The smallest absolute Gasteiger partial charge is 0.347 e. The minimum Gasteiger partial charge on any atom is -0.479 e. The Morgan fingerprint density at radius 1 is 1.20 bits per heavy atom. The Morgan fingerprint density at radius 2 is 1.92 bits per heavy atom. The minimum atomic E-state index is -0.831. The first-order chi connectivity index (χ1) is 12.0. The lowest BCUT2D eigenvalue weighted by Gasteiger charge is -2.16. The second-order valence-electron chi connectivity index (χ2n) is 5.11. The molecule has 0 radical (unpaired) electrons. The van der Waals surface area contributed by atoms with Crippen LogP contribution in [-0.4, -0.2) is 24.6 Å². The number of carbonyl (C=O) groups excluding carboxylic acids is 2. The quantitative estimate of drug-likeness (QED) is 0.757. The molecule has 5 nitrogen and oxygen atoms in total. The van der Waals surface area contributed by atoms with Crippen LogP contribution in [-0.2, 0) is 14.3 Å². The Morgan fingerprint density at radius 3 is 2.56 bits per heavy atom. The van der Waals surface area contributed by atoms with Gasteiger partial charge in [-0.3, -0.25) is 4.79 Å². The van der Waals surface area contributed by atoms with Crippen LogP contribution >= 0.6 is 11.6 Å². The molecule has 0 saturated heterocycles. The molecule has 0 aliphatic rings. The van der Waals surface area contributed by atoms with Crippen LogP contribution in [0.4, 0.5) is 10.1 Å². The summed E-state index contributed by atoms with van der Waals surface area (Å²) in [4.78, 5) is 23.8. The number of halogens is 2. The van der Waals surface area contributed by atoms with Gasteiger partial charge in [-0.2, -0.15) is 0 Å². The van der Waals surface area contributed by atoms with E-state index in [0.29, 0.717) is 12.2 Å². The molecule has 132 valence electrons. The van der Waals surface area contributed by atoms with Crippen LogP contribution in [0.2, 0.25) is 5.02 Å². The van der Waals surface area contributed by atoms with Gasteiger partial charge in [0.2, 0.25) is 0 Å². The van der Waals surface area contributed by atoms with Crippen LogP contribution in [0.25, 0.3) is 0 Å². The number of amides is 1. The van der Waals surface area contributed by atoms with Crippen molar-refractivity contribution in [1.82, 2.24) is 0 Å². The maximum atomic E-state index is 13.6. The molecule has 1 amide bonds. The minimum absolute atomic E-state index is 0.0435. The number of nitrogens with one attached hydrogen (secondary N) is 1. The fourth-order valence-electron chi connectivity index (χ4n) is 1.97. The standard InChI is InChI=1S/C18H17ClFNO4/c1-2-16(25-13-6-4-3-5-7-13)18(23)24-11-17(22)21-15-9-8-12(19)10-14(15)20/h3-10,16H,2,11H2,1H3,(H,21,22)/t16-/m1/s1. The first-order valence-corrected chi connectivity index (χ1v) is 8.00. The maximum Gasteiger partial charge on any atom is 0.347 e. The monoisotopic (exact) mass is 365 g/mol. The normalized spacial score (nSPS) is 11.5. The highest BCUT2D eigenvalue weighted by Crippen LogP contribution is 2.19. The van der Waals surface area contributed by atoms with E-state index in [1.54, 1.807) is 31.2 Å². The van der Waals surface area contributed by atoms with Crippen molar-refractivity contribution in [2.24, 2.45) is 0 Å². The number of ether oxygens (including phenoxy) is 2. The van der Waals surface area contributed by atoms with Gasteiger partial charge in [0, 0.05) is 5.02 Å². The summed E-state index contributed by atoms with van der Waals surface area (Å²) < 4.78 is 24.1. The largest absolute Gasteiger partial charge is 0.479 e. The molecule has 2 aromatic carbocycles. The van der Waals surface area contributed by atoms with Crippen molar-refractivity contribution >= 4 is 29.2 Å². The van der Waals surface area contributed by atoms with Crippen LogP contribution in [0, 0.1) is 5.82 Å². The molecule has 0 aromatic heterocycles. The molecule has 0 bridgehead atoms. The lowest BCUT2D eigenvalue weighted by Crippen LogP contribution is -2.31. The van der Waals surface area contributed by atoms with E-state index in [0.717, 1.165) is 6.07 Å². The van der Waals surface area contributed by atoms with E-state index in [1.165, 1.54) is 12.1 Å². The zero-order chi connectivity index (χ0) is 18.2. The summed E-state index contributed by atoms with van der Waals surface area (Å²) >= 11 is 5.64. The Bertz CT molecular complexity index is 739. The molecule has 0 aliphatic carbocycles. The van der Waals surface area contributed by atoms with Crippen LogP contribution in [0.5, 0.6) is 5.75 Å². The molecule has 0 saturated carbocycles. The summed E-state index contributed by atoms with van der Waals surface area (Å²) in [6.45, 7) is 1.22. The predicted octanol–water partition coefficient (Wildman–Crippen LogP) is 3.82. The van der Waals surface area contributed by atoms with Crippen LogP contribution in [0.15, 0.2) is 48.5 Å². The van der Waals surface area contributed by atoms with Gasteiger partial charge in [-0.15, -0.1) is 0 Å². The van der Waals surface area contributed by atoms with Gasteiger partial charge in [0.25, 0.3) is 5.91 Å². The van der Waals surface area contributed by atoms with Crippen molar-refractivity contribution < 1.29 is 23.5 Å². The van der Waals surface area contributed by atoms with Gasteiger partial charge in [-0.25, -0.2) is 9.18 Å². The lowest BCUT2D eigenvalue weighted by molar-refractivity contribution is -0.154. The molecule has 0 heterocycles. The molecular formula is C18H17ClFNO4. The number of carbonyl (C=O) groups is 2. The highest BCUT2D eigenvalue weighted by Gasteiger charge is 2.21. The molecular weight excluding hydrogens is 349 g/mol. The van der Waals surface area contributed by atoms with E-state index < -0.39 is 30.4 Å². The van der Waals surface area contributed by atoms with Gasteiger partial charge < -0.3 is 14.8 Å². The summed E-state index contributed by atoms with van der Waals surface area (Å²) in [5.41, 5.74) is -0.0435. The highest BCUT2D eigenvalue weighted by atomic mass is 35.5. The second-order valence-corrected chi connectivity index (χ2v) is 5.54. The number of hydrogen-bond donors (Lipinski definition) is 1. The number of para-hydroxylation sites is 1. The molecule has 0 unspecified atom stereocenters. The lowest BCUT2D eigenvalue weighted by atomic mass is 10.2. The molecule has 2 aromatic rings. The number of hydrogen-bond acceptors (Lipinski definition) is 4. The van der Waals surface area contributed by atoms with Gasteiger partial charge in [-0.05, 0) is 36.8 Å². The summed E-state index contributed by atoms with van der Waals surface area (Å²) in [5, 5.41) is 2.52. The Labute approximate surface area is 149 Å². The van der Waals surface area contributed by atoms with E-state index in [-0.39, 0.29) is 10.7 Å². The van der Waals surface area contributed by atoms with Gasteiger partial charge in [0.15, 0.2) is 12.7 Å². The SMILES string of the molecule is CC[C@@H](Oc1ccccc1)C(=O)OCC(=O)Nc1ccc(Cl)cc1F. The summed E-state index contributed by atoms with van der Waals surface area (Å²) in [6.07, 6.45) is -0.455. The molecule has 25 heavy (non-hydrogen) atoms. The third-order valence-corrected chi connectivity index (χ3v) is 3.44. The predicted molar refractivity (Wildman–Crippen MR) is 92.1 cm³/mol. The number of rotatable bonds is 7. The summed E-state index contributed by atoms with van der Waals surface area (Å²) in [6, 6.07) is 12.6. The Kier molecular flexibility index (Phi) is 6.77. The van der Waals surface area contributed by atoms with Crippen molar-refractivity contribution in [1.29, 1.82) is 0 Å². The van der Waals surface area contributed by atoms with Gasteiger partial charge >= 0.3 is 5.97 Å². The average Bonchev–Trinajstić information content (AvgIpc) is 2.61. The third-order valence-electron chi connectivity index (χ3n) is 3.21. The topological polar surface area (TPSA) is 64.6 Å². The fraction of sp³-hybridized carbons (Fsp3) is 0.222. The molecule has 0 aliphatic heterocycles. The molecule has 7 heteroatoms. The van der Waals surface area contributed by atoms with Crippen molar-refractivity contribution in [3.8, 4) is 5.75 Å². The average molecular weight is 366 g/mol. The first kappa shape index (κ1) is 18.7. The van der Waals surface area contributed by atoms with E-state index in [1.807, 2.05) is 6.07 Å². The van der Waals surface area contributed by atoms with Crippen molar-refractivity contribution in [3.05, 3.63) is 59.4 Å². The second kappa shape index (κ2) is 9.03. The zero-order valence-electron chi connectivity index (χ0n) is 13.5. The molecule has 1 atom stereocenters. The van der Waals surface area contributed by atoms with Gasteiger partial charge in [0.05, 0.1) is 5.69 Å². The van der Waals surface area contributed by atoms with E-state index in [9.17, 15) is 14.0 Å². The van der Waals surface area contributed by atoms with Crippen molar-refractivity contribution in [3.63, 3.8) is 0 Å². The summed E-state index contributed by atoms with van der Waals surface area (Å²) in [5.74, 6) is -1.48. The van der Waals surface area contributed by atoms with Gasteiger partial charge in [0.1, 0.15) is 11.6 Å². The van der Waals surface area contributed by atoms with Crippen molar-refractivity contribution in [2.45, 2.75) is 19.4 Å². The third kappa shape index (κ3) is 5.76. The van der Waals surface area contributed by atoms with E-state index in [4.69, 9.17) is 21.1 Å². The Hall–Kier alpha value is -2.60. The van der Waals surface area contributed by atoms with Crippen LogP contribution < -0.4 is 10.1 Å². The van der Waals surface area contributed by atoms with Gasteiger partial charge in [-0.1, -0.05) is 36.7 Å². The van der Waals surface area contributed by atoms with Crippen LogP contribution in [0.3, 0.4) is 0 Å². The maximum absolute atomic E-state index is 13.6. The Balaban J connectivity index is 1.86.